The Morgan fingerprint density at radius 2 is 2.00 bits per heavy atom. The van der Waals surface area contributed by atoms with Crippen molar-refractivity contribution < 1.29 is 9.90 Å². The molecule has 0 bridgehead atoms. The Morgan fingerprint density at radius 3 is 2.59 bits per heavy atom. The van der Waals surface area contributed by atoms with Crippen molar-refractivity contribution in [3.05, 3.63) is 11.5 Å². The number of amides is 1. The molecule has 92 valence electrons. The Balaban J connectivity index is 2.10. The third-order valence-electron chi connectivity index (χ3n) is 2.66. The summed E-state index contributed by atoms with van der Waals surface area (Å²) in [6.45, 7) is 1.94. The smallest absolute Gasteiger partial charge is 0.407 e. The summed E-state index contributed by atoms with van der Waals surface area (Å²) in [7, 11) is 0. The van der Waals surface area contributed by atoms with Gasteiger partial charge in [0.05, 0.1) is 0 Å². The van der Waals surface area contributed by atoms with Gasteiger partial charge in [-0.3, -0.25) is 0 Å². The third kappa shape index (κ3) is 2.33. The van der Waals surface area contributed by atoms with Crippen LogP contribution in [0.25, 0.3) is 0 Å². The van der Waals surface area contributed by atoms with Crippen LogP contribution in [0, 0.1) is 0 Å². The molecule has 8 heteroatoms. The molecule has 0 radical (unpaired) electrons. The van der Waals surface area contributed by atoms with Gasteiger partial charge in [0, 0.05) is 26.2 Å². The molecule has 17 heavy (non-hydrogen) atoms. The lowest BCUT2D eigenvalue weighted by molar-refractivity contribution is 0.142. The molecule has 1 amide bonds. The van der Waals surface area contributed by atoms with Gasteiger partial charge in [-0.25, -0.2) is 14.8 Å². The Kier molecular flexibility index (Phi) is 3.19. The summed E-state index contributed by atoms with van der Waals surface area (Å²) in [5, 5.41) is 9.05. The van der Waals surface area contributed by atoms with E-state index in [1.165, 1.54) is 11.2 Å². The van der Waals surface area contributed by atoms with E-state index in [-0.39, 0.29) is 5.15 Å². The predicted molar refractivity (Wildman–Crippen MR) is 63.3 cm³/mol. The van der Waals surface area contributed by atoms with Crippen molar-refractivity contribution in [3.8, 4) is 0 Å². The largest absolute Gasteiger partial charge is 0.465 e. The lowest BCUT2D eigenvalue weighted by atomic mass is 10.3. The highest BCUT2D eigenvalue weighted by Gasteiger charge is 2.23. The monoisotopic (exact) mass is 257 g/mol. The molecule has 7 nitrogen and oxygen atoms in total. The fourth-order valence-corrected chi connectivity index (χ4v) is 1.86. The van der Waals surface area contributed by atoms with Crippen LogP contribution in [0.3, 0.4) is 0 Å². The van der Waals surface area contributed by atoms with Crippen LogP contribution in [-0.4, -0.2) is 52.2 Å². The maximum absolute atomic E-state index is 10.8. The predicted octanol–water partition coefficient (Wildman–Crippen LogP) is 0.512. The number of nitrogens with two attached hydrogens (primary N) is 1. The van der Waals surface area contributed by atoms with Gasteiger partial charge < -0.3 is 20.6 Å². The average molecular weight is 258 g/mol. The number of hydrogen-bond donors (Lipinski definition) is 2. The maximum Gasteiger partial charge on any atom is 0.407 e. The highest BCUT2D eigenvalue weighted by molar-refractivity contribution is 6.32. The van der Waals surface area contributed by atoms with Crippen LogP contribution in [0.1, 0.15) is 0 Å². The van der Waals surface area contributed by atoms with E-state index in [1.807, 2.05) is 4.90 Å². The lowest BCUT2D eigenvalue weighted by Gasteiger charge is -2.34. The minimum absolute atomic E-state index is 0.218. The molecule has 3 N–H and O–H groups in total. The molecular formula is C9H12ClN5O2. The Hall–Kier alpha value is -1.76. The Bertz CT molecular complexity index is 433. The van der Waals surface area contributed by atoms with Crippen LogP contribution in [-0.2, 0) is 0 Å². The number of aromatic nitrogens is 2. The fourth-order valence-electron chi connectivity index (χ4n) is 1.73. The highest BCUT2D eigenvalue weighted by Crippen LogP contribution is 2.26. The van der Waals surface area contributed by atoms with Crippen molar-refractivity contribution in [2.45, 2.75) is 0 Å². The molecule has 0 atom stereocenters. The molecule has 0 aliphatic carbocycles. The van der Waals surface area contributed by atoms with Gasteiger partial charge in [0.1, 0.15) is 12.0 Å². The number of rotatable bonds is 1. The number of hydrogen-bond acceptors (Lipinski definition) is 5. The summed E-state index contributed by atoms with van der Waals surface area (Å²) in [4.78, 5) is 21.9. The fraction of sp³-hybridized carbons (Fsp3) is 0.444. The average Bonchev–Trinajstić information content (AvgIpc) is 2.33. The molecule has 2 rings (SSSR count). The number of anilines is 2. The SMILES string of the molecule is Nc1c(Cl)ncnc1N1CCN(C(=O)O)CC1. The van der Waals surface area contributed by atoms with E-state index in [4.69, 9.17) is 22.4 Å². The van der Waals surface area contributed by atoms with Crippen molar-refractivity contribution in [1.29, 1.82) is 0 Å². The van der Waals surface area contributed by atoms with Crippen molar-refractivity contribution in [3.63, 3.8) is 0 Å². The van der Waals surface area contributed by atoms with Gasteiger partial charge in [0.15, 0.2) is 11.0 Å². The second-order valence-electron chi connectivity index (χ2n) is 3.66. The molecule has 0 saturated carbocycles. The first-order chi connectivity index (χ1) is 8.09. The van der Waals surface area contributed by atoms with Gasteiger partial charge in [-0.15, -0.1) is 0 Å². The van der Waals surface area contributed by atoms with Crippen LogP contribution in [0.15, 0.2) is 6.33 Å². The van der Waals surface area contributed by atoms with E-state index in [1.54, 1.807) is 0 Å². The second kappa shape index (κ2) is 4.62. The van der Waals surface area contributed by atoms with E-state index in [2.05, 4.69) is 9.97 Å². The molecular weight excluding hydrogens is 246 g/mol. The summed E-state index contributed by atoms with van der Waals surface area (Å²) in [6, 6.07) is 0. The van der Waals surface area contributed by atoms with E-state index in [9.17, 15) is 4.79 Å². The molecule has 1 saturated heterocycles. The molecule has 1 aromatic rings. The molecule has 0 aromatic carbocycles. The number of nitrogens with zero attached hydrogens (tertiary/aromatic N) is 4. The van der Waals surface area contributed by atoms with Crippen molar-refractivity contribution in [2.75, 3.05) is 36.8 Å². The molecule has 2 heterocycles. The first-order valence-corrected chi connectivity index (χ1v) is 5.46. The van der Waals surface area contributed by atoms with Crippen LogP contribution < -0.4 is 10.6 Å². The van der Waals surface area contributed by atoms with Crippen LogP contribution in [0.4, 0.5) is 16.3 Å². The number of nitrogen functional groups attached to an aromatic ring is 1. The zero-order valence-electron chi connectivity index (χ0n) is 9.01. The van der Waals surface area contributed by atoms with Gasteiger partial charge >= 0.3 is 6.09 Å². The second-order valence-corrected chi connectivity index (χ2v) is 4.02. The molecule has 0 unspecified atom stereocenters. The number of carbonyl (C=O) groups is 1. The van der Waals surface area contributed by atoms with Crippen LogP contribution in [0.2, 0.25) is 5.15 Å². The standard InChI is InChI=1S/C9H12ClN5O2/c10-7-6(11)8(13-5-12-7)14-1-3-15(4-2-14)9(16)17/h5H,1-4,11H2,(H,16,17). The van der Waals surface area contributed by atoms with E-state index < -0.39 is 6.09 Å². The number of carboxylic acid groups (broad SMARTS) is 1. The van der Waals surface area contributed by atoms with Gasteiger partial charge in [0.25, 0.3) is 0 Å². The lowest BCUT2D eigenvalue weighted by Crippen LogP contribution is -2.48. The minimum Gasteiger partial charge on any atom is -0.465 e. The third-order valence-corrected chi connectivity index (χ3v) is 2.97. The maximum atomic E-state index is 10.8. The Morgan fingerprint density at radius 1 is 1.35 bits per heavy atom. The van der Waals surface area contributed by atoms with Crippen molar-refractivity contribution >= 4 is 29.2 Å². The van der Waals surface area contributed by atoms with Gasteiger partial charge in [-0.1, -0.05) is 11.6 Å². The van der Waals surface area contributed by atoms with Gasteiger partial charge in [-0.2, -0.15) is 0 Å². The topological polar surface area (TPSA) is 95.6 Å². The van der Waals surface area contributed by atoms with Gasteiger partial charge in [0.2, 0.25) is 0 Å². The summed E-state index contributed by atoms with van der Waals surface area (Å²) in [5.41, 5.74) is 6.11. The molecule has 1 aromatic heterocycles. The van der Waals surface area contributed by atoms with E-state index in [0.29, 0.717) is 37.7 Å². The first kappa shape index (κ1) is 11.7. The summed E-state index contributed by atoms with van der Waals surface area (Å²) >= 11 is 5.80. The van der Waals surface area contributed by atoms with E-state index in [0.717, 1.165) is 0 Å². The zero-order valence-corrected chi connectivity index (χ0v) is 9.76. The first-order valence-electron chi connectivity index (χ1n) is 5.08. The quantitative estimate of drug-likeness (QED) is 0.712. The minimum atomic E-state index is -0.904. The van der Waals surface area contributed by atoms with Crippen molar-refractivity contribution in [2.24, 2.45) is 0 Å². The van der Waals surface area contributed by atoms with Crippen molar-refractivity contribution in [1.82, 2.24) is 14.9 Å². The molecule has 1 aliphatic heterocycles. The molecule has 1 fully saturated rings. The normalized spacial score (nSPS) is 16.1. The number of piperazine rings is 1. The molecule has 1 aliphatic rings. The number of halogens is 1. The Labute approximate surface area is 103 Å². The summed E-state index contributed by atoms with van der Waals surface area (Å²) < 4.78 is 0. The van der Waals surface area contributed by atoms with Crippen LogP contribution >= 0.6 is 11.6 Å². The summed E-state index contributed by atoms with van der Waals surface area (Å²) in [6.07, 6.45) is 0.441. The molecule has 0 spiro atoms. The zero-order chi connectivity index (χ0) is 12.4. The highest BCUT2D eigenvalue weighted by atomic mass is 35.5. The van der Waals surface area contributed by atoms with E-state index >= 15 is 0 Å². The summed E-state index contributed by atoms with van der Waals surface area (Å²) in [5.74, 6) is 0.565. The van der Waals surface area contributed by atoms with Crippen LogP contribution in [0.5, 0.6) is 0 Å². The van der Waals surface area contributed by atoms with Gasteiger partial charge in [-0.05, 0) is 0 Å².